The maximum Gasteiger partial charge on any atom is 0.343 e. The fourth-order valence-electron chi connectivity index (χ4n) is 2.60. The molecular weight excluding hydrogens is 463 g/mol. The Morgan fingerprint density at radius 3 is 2.53 bits per heavy atom. The monoisotopic (exact) mass is 476 g/mol. The van der Waals surface area contributed by atoms with Crippen LogP contribution < -0.4 is 15.0 Å². The van der Waals surface area contributed by atoms with Gasteiger partial charge in [0.15, 0.2) is 6.61 Å². The van der Waals surface area contributed by atoms with Gasteiger partial charge in [-0.25, -0.2) is 18.9 Å². The van der Waals surface area contributed by atoms with Crippen molar-refractivity contribution < 1.29 is 33.0 Å². The molecule has 3 rings (SSSR count). The molecule has 2 aromatic carbocycles. The number of nitrogens with zero attached hydrogens (tertiary/aromatic N) is 1. The normalized spacial score (nSPS) is 15.2. The molecule has 4 amide bonds. The largest absolute Gasteiger partial charge is 0.481 e. The van der Waals surface area contributed by atoms with Crippen molar-refractivity contribution in [3.8, 4) is 5.75 Å². The van der Waals surface area contributed by atoms with Crippen LogP contribution in [-0.2, 0) is 19.1 Å². The molecule has 1 aliphatic heterocycles. The molecule has 8 nitrogen and oxygen atoms in total. The second kappa shape index (κ2) is 8.87. The number of barbiturate groups is 1. The maximum atomic E-state index is 13.2. The first kappa shape index (κ1) is 21.2. The number of halogens is 2. The Labute approximate surface area is 178 Å². The van der Waals surface area contributed by atoms with Gasteiger partial charge in [-0.05, 0) is 48.5 Å². The highest BCUT2D eigenvalue weighted by atomic mass is 79.9. The summed E-state index contributed by atoms with van der Waals surface area (Å²) in [6.45, 7) is -0.380. The van der Waals surface area contributed by atoms with E-state index in [0.29, 0.717) is 10.0 Å². The number of carbonyl (C=O) groups is 4. The van der Waals surface area contributed by atoms with E-state index in [1.807, 2.05) is 0 Å². The lowest BCUT2D eigenvalue weighted by Crippen LogP contribution is -2.54. The molecule has 1 heterocycles. The molecule has 30 heavy (non-hydrogen) atoms. The Morgan fingerprint density at radius 1 is 1.17 bits per heavy atom. The molecule has 2 aromatic rings. The Kier molecular flexibility index (Phi) is 6.26. The van der Waals surface area contributed by atoms with Crippen LogP contribution in [0.2, 0.25) is 0 Å². The number of amides is 4. The minimum absolute atomic E-state index is 0.0914. The van der Waals surface area contributed by atoms with Crippen LogP contribution in [0.1, 0.15) is 5.56 Å². The zero-order valence-corrected chi connectivity index (χ0v) is 17.1. The van der Waals surface area contributed by atoms with Gasteiger partial charge in [0.1, 0.15) is 17.1 Å². The Hall–Kier alpha value is -3.53. The van der Waals surface area contributed by atoms with Crippen molar-refractivity contribution in [2.45, 2.75) is 0 Å². The van der Waals surface area contributed by atoms with E-state index in [4.69, 9.17) is 4.74 Å². The number of rotatable bonds is 5. The number of carbonyl (C=O) groups excluding carboxylic acids is 4. The standard InChI is InChI=1S/C20H14BrFN2O6/c1-29-17(25)10-30-16-7-2-12(21)8-11(16)9-15-18(26)23-20(28)24(19(15)27)14-5-3-13(22)4-6-14/h2-9H,10H2,1H3,(H,23,26,28)/b15-9+. The molecule has 10 heteroatoms. The predicted octanol–water partition coefficient (Wildman–Crippen LogP) is 2.81. The first-order valence-corrected chi connectivity index (χ1v) is 9.25. The molecule has 0 aliphatic carbocycles. The van der Waals surface area contributed by atoms with Crippen LogP contribution in [0.4, 0.5) is 14.9 Å². The fraction of sp³-hybridized carbons (Fsp3) is 0.100. The molecule has 0 saturated carbocycles. The lowest BCUT2D eigenvalue weighted by Gasteiger charge is -2.26. The molecule has 0 spiro atoms. The van der Waals surface area contributed by atoms with Gasteiger partial charge in [-0.1, -0.05) is 15.9 Å². The summed E-state index contributed by atoms with van der Waals surface area (Å²) in [5.41, 5.74) is 0.0498. The fourth-order valence-corrected chi connectivity index (χ4v) is 2.98. The summed E-state index contributed by atoms with van der Waals surface area (Å²) < 4.78 is 23.7. The quantitative estimate of drug-likeness (QED) is 0.404. The highest BCUT2D eigenvalue weighted by Gasteiger charge is 2.37. The van der Waals surface area contributed by atoms with Crippen LogP contribution >= 0.6 is 15.9 Å². The number of hydrogen-bond acceptors (Lipinski definition) is 6. The Morgan fingerprint density at radius 2 is 1.87 bits per heavy atom. The van der Waals surface area contributed by atoms with Gasteiger partial charge < -0.3 is 9.47 Å². The molecule has 0 atom stereocenters. The summed E-state index contributed by atoms with van der Waals surface area (Å²) in [4.78, 5) is 49.5. The zero-order chi connectivity index (χ0) is 21.8. The molecule has 1 aliphatic rings. The number of methoxy groups -OCH3 is 1. The molecule has 1 saturated heterocycles. The summed E-state index contributed by atoms with van der Waals surface area (Å²) >= 11 is 3.29. The first-order chi connectivity index (χ1) is 14.3. The second-order valence-electron chi connectivity index (χ2n) is 5.98. The number of urea groups is 1. The van der Waals surface area contributed by atoms with Gasteiger partial charge in [0.2, 0.25) is 0 Å². The SMILES string of the molecule is COC(=O)COc1ccc(Br)cc1/C=C1\C(=O)NC(=O)N(c2ccc(F)cc2)C1=O. The Balaban J connectivity index is 1.99. The van der Waals surface area contributed by atoms with Crippen molar-refractivity contribution in [1.29, 1.82) is 0 Å². The van der Waals surface area contributed by atoms with E-state index in [9.17, 15) is 23.6 Å². The van der Waals surface area contributed by atoms with Crippen molar-refractivity contribution in [2.24, 2.45) is 0 Å². The van der Waals surface area contributed by atoms with Gasteiger partial charge in [-0.15, -0.1) is 0 Å². The van der Waals surface area contributed by atoms with Gasteiger partial charge in [0.05, 0.1) is 12.8 Å². The van der Waals surface area contributed by atoms with E-state index in [1.165, 1.54) is 31.4 Å². The summed E-state index contributed by atoms with van der Waals surface area (Å²) in [6, 6.07) is 8.45. The van der Waals surface area contributed by atoms with Gasteiger partial charge in [0, 0.05) is 10.0 Å². The van der Waals surface area contributed by atoms with Crippen molar-refractivity contribution in [2.75, 3.05) is 18.6 Å². The Bertz CT molecular complexity index is 1070. The van der Waals surface area contributed by atoms with E-state index >= 15 is 0 Å². The smallest absolute Gasteiger partial charge is 0.343 e. The molecule has 0 unspecified atom stereocenters. The third-order valence-corrected chi connectivity index (χ3v) is 4.52. The topological polar surface area (TPSA) is 102 Å². The van der Waals surface area contributed by atoms with E-state index in [0.717, 1.165) is 17.0 Å². The van der Waals surface area contributed by atoms with Gasteiger partial charge in [-0.2, -0.15) is 0 Å². The van der Waals surface area contributed by atoms with Gasteiger partial charge >= 0.3 is 12.0 Å². The number of imide groups is 2. The number of nitrogens with one attached hydrogen (secondary N) is 1. The number of esters is 1. The van der Waals surface area contributed by atoms with Crippen LogP contribution in [-0.4, -0.2) is 37.5 Å². The van der Waals surface area contributed by atoms with E-state index in [2.05, 4.69) is 26.0 Å². The molecule has 154 valence electrons. The van der Waals surface area contributed by atoms with Crippen molar-refractivity contribution in [3.05, 3.63) is 63.9 Å². The average Bonchev–Trinajstić information content (AvgIpc) is 2.71. The van der Waals surface area contributed by atoms with Crippen molar-refractivity contribution in [1.82, 2.24) is 5.32 Å². The van der Waals surface area contributed by atoms with Gasteiger partial charge in [-0.3, -0.25) is 14.9 Å². The van der Waals surface area contributed by atoms with Crippen LogP contribution in [0.3, 0.4) is 0 Å². The van der Waals surface area contributed by atoms with Crippen molar-refractivity contribution >= 4 is 51.5 Å². The summed E-state index contributed by atoms with van der Waals surface area (Å²) in [7, 11) is 1.21. The number of anilines is 1. The third-order valence-electron chi connectivity index (χ3n) is 4.03. The lowest BCUT2D eigenvalue weighted by molar-refractivity contribution is -0.143. The number of ether oxygens (including phenoxy) is 2. The maximum absolute atomic E-state index is 13.2. The second-order valence-corrected chi connectivity index (χ2v) is 6.90. The van der Waals surface area contributed by atoms with E-state index < -0.39 is 29.6 Å². The van der Waals surface area contributed by atoms with Gasteiger partial charge in [0.25, 0.3) is 11.8 Å². The van der Waals surface area contributed by atoms with E-state index in [1.54, 1.807) is 12.1 Å². The summed E-state index contributed by atoms with van der Waals surface area (Å²) in [5.74, 6) is -2.74. The predicted molar refractivity (Wildman–Crippen MR) is 107 cm³/mol. The molecule has 0 aromatic heterocycles. The minimum Gasteiger partial charge on any atom is -0.481 e. The highest BCUT2D eigenvalue weighted by Crippen LogP contribution is 2.28. The molecule has 0 radical (unpaired) electrons. The lowest BCUT2D eigenvalue weighted by atomic mass is 10.1. The number of hydrogen-bond donors (Lipinski definition) is 1. The molecule has 1 fully saturated rings. The highest BCUT2D eigenvalue weighted by molar-refractivity contribution is 9.10. The molecular formula is C20H14BrFN2O6. The minimum atomic E-state index is -0.954. The van der Waals surface area contributed by atoms with Crippen LogP contribution in [0.25, 0.3) is 6.08 Å². The van der Waals surface area contributed by atoms with Crippen LogP contribution in [0.15, 0.2) is 52.5 Å². The summed E-state index contributed by atoms with van der Waals surface area (Å²) in [6.07, 6.45) is 1.23. The van der Waals surface area contributed by atoms with E-state index in [-0.39, 0.29) is 23.6 Å². The zero-order valence-electron chi connectivity index (χ0n) is 15.5. The summed E-state index contributed by atoms with van der Waals surface area (Å²) in [5, 5.41) is 2.08. The van der Waals surface area contributed by atoms with Crippen molar-refractivity contribution in [3.63, 3.8) is 0 Å². The molecule has 1 N–H and O–H groups in total. The molecule has 0 bridgehead atoms. The number of benzene rings is 2. The third kappa shape index (κ3) is 4.54. The first-order valence-electron chi connectivity index (χ1n) is 8.46. The average molecular weight is 477 g/mol. The van der Waals surface area contributed by atoms with Crippen LogP contribution in [0, 0.1) is 5.82 Å². The van der Waals surface area contributed by atoms with Crippen LogP contribution in [0.5, 0.6) is 5.75 Å².